The van der Waals surface area contributed by atoms with Gasteiger partial charge in [0.1, 0.15) is 0 Å². The summed E-state index contributed by atoms with van der Waals surface area (Å²) in [7, 11) is 0. The van der Waals surface area contributed by atoms with Gasteiger partial charge >= 0.3 is 12.0 Å². The highest BCUT2D eigenvalue weighted by molar-refractivity contribution is 5.78. The average Bonchev–Trinajstić information content (AvgIpc) is 3.87. The Morgan fingerprint density at radius 3 is 2.16 bits per heavy atom. The molecule has 1 aliphatic heterocycles. The maximum atomic E-state index is 9.86. The lowest BCUT2D eigenvalue weighted by molar-refractivity contribution is 0.175. The zero-order chi connectivity index (χ0) is 33.6. The van der Waals surface area contributed by atoms with Gasteiger partial charge in [0.2, 0.25) is 11.8 Å². The van der Waals surface area contributed by atoms with Gasteiger partial charge in [0.25, 0.3) is 0 Å². The summed E-state index contributed by atoms with van der Waals surface area (Å²) < 4.78 is 12.1. The molecule has 0 aliphatic carbocycles. The predicted octanol–water partition coefficient (Wildman–Crippen LogP) is 5.90. The largest absolute Gasteiger partial charge is 0.403 e. The van der Waals surface area contributed by atoms with Crippen LogP contribution >= 0.6 is 0 Å². The minimum atomic E-state index is -0.243. The normalized spacial score (nSPS) is 14.7. The van der Waals surface area contributed by atoms with E-state index in [4.69, 9.17) is 13.9 Å². The molecule has 7 rings (SSSR count). The molecule has 5 N–H and O–H groups in total. The fourth-order valence-corrected chi connectivity index (χ4v) is 6.05. The summed E-state index contributed by atoms with van der Waals surface area (Å²) in [6.07, 6.45) is 0.571. The lowest BCUT2D eigenvalue weighted by Gasteiger charge is -2.15. The summed E-state index contributed by atoms with van der Waals surface area (Å²) in [6, 6.07) is 30.5. The first-order chi connectivity index (χ1) is 24.0. The number of aliphatic hydroxyl groups excluding tert-OH is 2. The van der Waals surface area contributed by atoms with E-state index in [1.807, 2.05) is 79.7 Å². The first-order valence-corrected chi connectivity index (χ1v) is 16.3. The summed E-state index contributed by atoms with van der Waals surface area (Å²) in [5.41, 5.74) is 8.50. The monoisotopic (exact) mass is 658 g/mol. The van der Waals surface area contributed by atoms with E-state index in [1.54, 1.807) is 0 Å². The Labute approximate surface area is 283 Å². The van der Waals surface area contributed by atoms with Gasteiger partial charge in [-0.3, -0.25) is 4.90 Å². The summed E-state index contributed by atoms with van der Waals surface area (Å²) in [5, 5.41) is 45.6. The number of nitrogens with one attached hydrogen (secondary N) is 3. The molecule has 1 aliphatic rings. The molecule has 4 aromatic carbocycles. The minimum absolute atomic E-state index is 0.0932. The fraction of sp³-hybridized carbons (Fsp3) is 0.243. The van der Waals surface area contributed by atoms with Gasteiger partial charge in [-0.15, -0.1) is 10.2 Å². The Hall–Kier alpha value is -5.40. The van der Waals surface area contributed by atoms with Crippen LogP contribution in [0, 0.1) is 6.92 Å². The molecule has 2 aromatic heterocycles. The topological polar surface area (TPSA) is 158 Å². The summed E-state index contributed by atoms with van der Waals surface area (Å²) >= 11 is 0. The first-order valence-electron chi connectivity index (χ1n) is 16.3. The molecule has 250 valence electrons. The van der Waals surface area contributed by atoms with Gasteiger partial charge in [-0.05, 0) is 83.6 Å². The molecule has 1 atom stereocenters. The molecular formula is C37H38N8O4. The van der Waals surface area contributed by atoms with Gasteiger partial charge in [0.05, 0.1) is 12.7 Å². The van der Waals surface area contributed by atoms with Crippen molar-refractivity contribution < 1.29 is 19.0 Å². The first kappa shape index (κ1) is 32.2. The van der Waals surface area contributed by atoms with Gasteiger partial charge < -0.3 is 35.0 Å². The van der Waals surface area contributed by atoms with E-state index in [9.17, 15) is 5.11 Å². The average molecular weight is 659 g/mol. The molecule has 12 nitrogen and oxygen atoms in total. The molecule has 12 heteroatoms. The predicted molar refractivity (Wildman–Crippen MR) is 187 cm³/mol. The number of hydrogen-bond acceptors (Lipinski definition) is 12. The van der Waals surface area contributed by atoms with Crippen molar-refractivity contribution in [2.75, 3.05) is 36.9 Å². The van der Waals surface area contributed by atoms with Crippen molar-refractivity contribution in [2.45, 2.75) is 32.5 Å². The minimum Gasteiger partial charge on any atom is -0.403 e. The van der Waals surface area contributed by atoms with Crippen molar-refractivity contribution in [1.29, 1.82) is 0 Å². The summed E-state index contributed by atoms with van der Waals surface area (Å²) in [4.78, 5) is 2.25. The van der Waals surface area contributed by atoms with Crippen molar-refractivity contribution in [3.63, 3.8) is 0 Å². The highest BCUT2D eigenvalue weighted by atomic mass is 16.4. The SMILES string of the molecule is Cc1c(-c2cccc(-c3nnc(Nc4cccc(CNCCO)c4)o3)c2)cccc1-c1nnc(Nc2cccc(CN3CC[C@@H](O)C3)c2)o1. The van der Waals surface area contributed by atoms with E-state index >= 15 is 0 Å². The van der Waals surface area contributed by atoms with Gasteiger partial charge in [0.15, 0.2) is 0 Å². The number of β-amino-alcohol motifs (C(OH)–C–C–N with tert-alkyl or cyclic N) is 1. The van der Waals surface area contributed by atoms with Crippen molar-refractivity contribution in [2.24, 2.45) is 0 Å². The Bertz CT molecular complexity index is 2030. The van der Waals surface area contributed by atoms with E-state index in [1.165, 1.54) is 0 Å². The van der Waals surface area contributed by atoms with Gasteiger partial charge in [-0.1, -0.05) is 58.7 Å². The smallest absolute Gasteiger partial charge is 0.320 e. The third-order valence-corrected chi connectivity index (χ3v) is 8.46. The van der Waals surface area contributed by atoms with Crippen LogP contribution in [0.5, 0.6) is 0 Å². The number of benzene rings is 4. The zero-order valence-electron chi connectivity index (χ0n) is 27.1. The van der Waals surface area contributed by atoms with Crippen LogP contribution in [0.1, 0.15) is 23.1 Å². The number of hydrogen-bond donors (Lipinski definition) is 5. The Morgan fingerprint density at radius 2 is 1.41 bits per heavy atom. The third kappa shape index (κ3) is 7.85. The molecule has 0 bridgehead atoms. The number of aromatic nitrogens is 4. The number of aliphatic hydroxyl groups is 2. The maximum Gasteiger partial charge on any atom is 0.320 e. The molecule has 0 spiro atoms. The van der Waals surface area contributed by atoms with Crippen LogP contribution in [0.3, 0.4) is 0 Å². The van der Waals surface area contributed by atoms with Gasteiger partial charge in [0, 0.05) is 55.2 Å². The molecule has 0 unspecified atom stereocenters. The number of rotatable bonds is 13. The second-order valence-electron chi connectivity index (χ2n) is 12.1. The summed E-state index contributed by atoms with van der Waals surface area (Å²) in [6.45, 7) is 5.68. The molecular weight excluding hydrogens is 620 g/mol. The standard InChI is InChI=1S/C37H38N8O4/c1-24-32(27-8-4-9-28(20-27)34-41-43-36(48-34)39-29-10-2-6-25(18-29)21-38-15-17-46)12-5-13-33(24)35-42-44-37(49-35)40-30-11-3-7-26(19-30)22-45-16-14-31(47)23-45/h2-13,18-20,31,38,46-47H,14-17,21-23H2,1H3,(H,39,43)(H,40,44)/t31-/m1/s1. The van der Waals surface area contributed by atoms with Crippen LogP contribution in [-0.2, 0) is 13.1 Å². The molecule has 3 heterocycles. The molecule has 6 aromatic rings. The molecule has 1 saturated heterocycles. The lowest BCUT2D eigenvalue weighted by Crippen LogP contribution is -2.21. The van der Waals surface area contributed by atoms with Gasteiger partial charge in [-0.2, -0.15) is 0 Å². The molecule has 49 heavy (non-hydrogen) atoms. The molecule has 0 radical (unpaired) electrons. The second kappa shape index (κ2) is 14.8. The van der Waals surface area contributed by atoms with Crippen LogP contribution in [0.25, 0.3) is 34.0 Å². The second-order valence-corrected chi connectivity index (χ2v) is 12.1. The summed E-state index contributed by atoms with van der Waals surface area (Å²) in [5.74, 6) is 0.815. The molecule has 0 saturated carbocycles. The van der Waals surface area contributed by atoms with Crippen LogP contribution < -0.4 is 16.0 Å². The van der Waals surface area contributed by atoms with E-state index in [2.05, 4.69) is 59.4 Å². The van der Waals surface area contributed by atoms with Crippen molar-refractivity contribution >= 4 is 23.4 Å². The Balaban J connectivity index is 1.04. The van der Waals surface area contributed by atoms with E-state index in [0.29, 0.717) is 37.4 Å². The van der Waals surface area contributed by atoms with Crippen LogP contribution in [0.15, 0.2) is 99.8 Å². The number of likely N-dealkylation sites (tertiary alicyclic amines) is 1. The lowest BCUT2D eigenvalue weighted by atomic mass is 9.95. The van der Waals surface area contributed by atoms with Crippen LogP contribution in [-0.4, -0.2) is 67.9 Å². The van der Waals surface area contributed by atoms with Crippen LogP contribution in [0.4, 0.5) is 23.4 Å². The maximum absolute atomic E-state index is 9.86. The van der Waals surface area contributed by atoms with E-state index in [0.717, 1.165) is 69.8 Å². The Morgan fingerprint density at radius 1 is 0.755 bits per heavy atom. The fourth-order valence-electron chi connectivity index (χ4n) is 6.05. The van der Waals surface area contributed by atoms with E-state index in [-0.39, 0.29) is 18.7 Å². The quantitative estimate of drug-likeness (QED) is 0.0938. The number of anilines is 4. The van der Waals surface area contributed by atoms with Crippen molar-refractivity contribution in [3.05, 3.63) is 108 Å². The number of nitrogens with zero attached hydrogens (tertiary/aromatic N) is 5. The molecule has 1 fully saturated rings. The van der Waals surface area contributed by atoms with E-state index < -0.39 is 0 Å². The van der Waals surface area contributed by atoms with Gasteiger partial charge in [-0.25, -0.2) is 0 Å². The Kier molecular flexibility index (Phi) is 9.71. The zero-order valence-corrected chi connectivity index (χ0v) is 27.1. The van der Waals surface area contributed by atoms with Crippen molar-refractivity contribution in [1.82, 2.24) is 30.6 Å². The highest BCUT2D eigenvalue weighted by Gasteiger charge is 2.20. The third-order valence-electron chi connectivity index (χ3n) is 8.46. The molecule has 0 amide bonds. The van der Waals surface area contributed by atoms with Crippen LogP contribution in [0.2, 0.25) is 0 Å². The highest BCUT2D eigenvalue weighted by Crippen LogP contribution is 2.34. The van der Waals surface area contributed by atoms with Crippen molar-refractivity contribution in [3.8, 4) is 34.0 Å².